The van der Waals surface area contributed by atoms with Gasteiger partial charge in [-0.15, -0.1) is 0 Å². The van der Waals surface area contributed by atoms with E-state index in [4.69, 9.17) is 4.74 Å². The first kappa shape index (κ1) is 18.1. The normalized spacial score (nSPS) is 13.9. The second kappa shape index (κ2) is 7.66. The maximum absolute atomic E-state index is 13.5. The van der Waals surface area contributed by atoms with Crippen molar-refractivity contribution in [2.45, 2.75) is 45.0 Å². The number of carbonyl (C=O) groups excluding carboxylic acids is 3. The van der Waals surface area contributed by atoms with E-state index in [-0.39, 0.29) is 0 Å². The van der Waals surface area contributed by atoms with E-state index in [9.17, 15) is 18.8 Å². The SMILES string of the molecule is COC(=O)[C@H](F)C[C@H](NC(=O)OC(C)(C)C)C(=O)OC. The topological polar surface area (TPSA) is 90.9 Å². The number of hydrogen-bond acceptors (Lipinski definition) is 6. The van der Waals surface area contributed by atoms with Gasteiger partial charge in [0.2, 0.25) is 0 Å². The van der Waals surface area contributed by atoms with Gasteiger partial charge in [0.1, 0.15) is 11.6 Å². The van der Waals surface area contributed by atoms with Gasteiger partial charge >= 0.3 is 18.0 Å². The highest BCUT2D eigenvalue weighted by Gasteiger charge is 2.31. The van der Waals surface area contributed by atoms with Crippen LogP contribution in [0.5, 0.6) is 0 Å². The van der Waals surface area contributed by atoms with E-state index in [0.717, 1.165) is 14.2 Å². The molecule has 0 aliphatic carbocycles. The molecule has 2 atom stereocenters. The molecule has 0 fully saturated rings. The minimum Gasteiger partial charge on any atom is -0.467 e. The van der Waals surface area contributed by atoms with Gasteiger partial charge in [-0.05, 0) is 20.8 Å². The molecular formula is C12H20FNO6. The number of amides is 1. The van der Waals surface area contributed by atoms with E-state index in [1.165, 1.54) is 0 Å². The monoisotopic (exact) mass is 293 g/mol. The van der Waals surface area contributed by atoms with Gasteiger partial charge in [0.25, 0.3) is 0 Å². The molecule has 0 aromatic rings. The quantitative estimate of drug-likeness (QED) is 0.599. The third-order valence-electron chi connectivity index (χ3n) is 2.08. The van der Waals surface area contributed by atoms with Gasteiger partial charge in [0.05, 0.1) is 14.2 Å². The molecule has 20 heavy (non-hydrogen) atoms. The maximum atomic E-state index is 13.5. The minimum atomic E-state index is -2.06. The average molecular weight is 293 g/mol. The number of alkyl carbamates (subject to hydrolysis) is 1. The second-order valence-electron chi connectivity index (χ2n) is 4.95. The summed E-state index contributed by atoms with van der Waals surface area (Å²) in [6.45, 7) is 4.89. The van der Waals surface area contributed by atoms with Crippen LogP contribution in [0.15, 0.2) is 0 Å². The highest BCUT2D eigenvalue weighted by atomic mass is 19.1. The van der Waals surface area contributed by atoms with Crippen LogP contribution in [0.3, 0.4) is 0 Å². The first-order chi connectivity index (χ1) is 9.10. The molecule has 0 aromatic heterocycles. The Morgan fingerprint density at radius 3 is 2.00 bits per heavy atom. The lowest BCUT2D eigenvalue weighted by atomic mass is 10.1. The van der Waals surface area contributed by atoms with Crippen molar-refractivity contribution in [1.29, 1.82) is 0 Å². The Morgan fingerprint density at radius 2 is 1.60 bits per heavy atom. The number of carbonyl (C=O) groups is 3. The average Bonchev–Trinajstić information content (AvgIpc) is 2.33. The van der Waals surface area contributed by atoms with E-state index in [1.54, 1.807) is 20.8 Å². The van der Waals surface area contributed by atoms with Crippen LogP contribution in [-0.4, -0.2) is 50.1 Å². The van der Waals surface area contributed by atoms with Crippen molar-refractivity contribution in [3.05, 3.63) is 0 Å². The Labute approximate surface area is 116 Å². The molecule has 0 bridgehead atoms. The molecule has 116 valence electrons. The van der Waals surface area contributed by atoms with Crippen molar-refractivity contribution in [2.75, 3.05) is 14.2 Å². The van der Waals surface area contributed by atoms with Crippen LogP contribution >= 0.6 is 0 Å². The summed E-state index contributed by atoms with van der Waals surface area (Å²) >= 11 is 0. The molecule has 0 unspecified atom stereocenters. The lowest BCUT2D eigenvalue weighted by molar-refractivity contribution is -0.149. The number of nitrogens with one attached hydrogen (secondary N) is 1. The summed E-state index contributed by atoms with van der Waals surface area (Å²) in [6.07, 6.45) is -3.57. The van der Waals surface area contributed by atoms with Gasteiger partial charge in [-0.3, -0.25) is 0 Å². The largest absolute Gasteiger partial charge is 0.467 e. The number of hydrogen-bond donors (Lipinski definition) is 1. The van der Waals surface area contributed by atoms with E-state index in [2.05, 4.69) is 14.8 Å². The maximum Gasteiger partial charge on any atom is 0.408 e. The number of ether oxygens (including phenoxy) is 3. The standard InChI is InChI=1S/C12H20FNO6/c1-12(2,3)20-11(17)14-8(10(16)19-5)6-7(13)9(15)18-4/h7-8H,6H2,1-5H3,(H,14,17)/t7-,8+/m1/s1. The number of methoxy groups -OCH3 is 2. The molecule has 1 N–H and O–H groups in total. The fourth-order valence-electron chi connectivity index (χ4n) is 1.24. The molecule has 0 aromatic carbocycles. The van der Waals surface area contributed by atoms with Crippen molar-refractivity contribution >= 4 is 18.0 Å². The molecule has 1 amide bonds. The van der Waals surface area contributed by atoms with Gasteiger partial charge < -0.3 is 19.5 Å². The summed E-state index contributed by atoms with van der Waals surface area (Å²) in [7, 11) is 2.10. The van der Waals surface area contributed by atoms with Gasteiger partial charge in [0.15, 0.2) is 6.17 Å². The van der Waals surface area contributed by atoms with Crippen LogP contribution in [-0.2, 0) is 23.8 Å². The summed E-state index contributed by atoms with van der Waals surface area (Å²) in [5, 5.41) is 2.15. The van der Waals surface area contributed by atoms with E-state index in [1.807, 2.05) is 0 Å². The smallest absolute Gasteiger partial charge is 0.408 e. The number of rotatable bonds is 5. The Kier molecular flexibility index (Phi) is 6.95. The lowest BCUT2D eigenvalue weighted by Crippen LogP contribution is -2.46. The Balaban J connectivity index is 4.70. The van der Waals surface area contributed by atoms with Crippen molar-refractivity contribution in [3.63, 3.8) is 0 Å². The molecule has 0 saturated carbocycles. The van der Waals surface area contributed by atoms with Crippen molar-refractivity contribution in [3.8, 4) is 0 Å². The summed E-state index contributed by atoms with van der Waals surface area (Å²) < 4.78 is 27.0. The van der Waals surface area contributed by atoms with Crippen molar-refractivity contribution in [1.82, 2.24) is 5.32 Å². The van der Waals surface area contributed by atoms with Gasteiger partial charge in [0, 0.05) is 6.42 Å². The molecule has 0 radical (unpaired) electrons. The van der Waals surface area contributed by atoms with Crippen LogP contribution in [0.25, 0.3) is 0 Å². The third-order valence-corrected chi connectivity index (χ3v) is 2.08. The van der Waals surface area contributed by atoms with Gasteiger partial charge in [-0.2, -0.15) is 0 Å². The molecule has 0 rings (SSSR count). The minimum absolute atomic E-state index is 0.599. The molecule has 0 spiro atoms. The number of halogens is 1. The first-order valence-corrected chi connectivity index (χ1v) is 5.90. The van der Waals surface area contributed by atoms with E-state index >= 15 is 0 Å². The Morgan fingerprint density at radius 1 is 1.10 bits per heavy atom. The molecule has 0 heterocycles. The van der Waals surface area contributed by atoms with E-state index < -0.39 is 42.3 Å². The summed E-state index contributed by atoms with van der Waals surface area (Å²) in [5.41, 5.74) is -0.776. The van der Waals surface area contributed by atoms with E-state index in [0.29, 0.717) is 0 Å². The van der Waals surface area contributed by atoms with Crippen LogP contribution in [0.1, 0.15) is 27.2 Å². The van der Waals surface area contributed by atoms with Crippen LogP contribution in [0.2, 0.25) is 0 Å². The van der Waals surface area contributed by atoms with Crippen molar-refractivity contribution < 1.29 is 33.0 Å². The van der Waals surface area contributed by atoms with Crippen LogP contribution < -0.4 is 5.32 Å². The molecular weight excluding hydrogens is 273 g/mol. The summed E-state index contributed by atoms with van der Waals surface area (Å²) in [6, 6.07) is -1.34. The predicted molar refractivity (Wildman–Crippen MR) is 66.7 cm³/mol. The Bertz CT molecular complexity index is 365. The third kappa shape index (κ3) is 6.91. The fraction of sp³-hybridized carbons (Fsp3) is 0.750. The molecule has 0 saturated heterocycles. The van der Waals surface area contributed by atoms with Crippen LogP contribution in [0, 0.1) is 0 Å². The van der Waals surface area contributed by atoms with Crippen LogP contribution in [0.4, 0.5) is 9.18 Å². The highest BCUT2D eigenvalue weighted by Crippen LogP contribution is 2.10. The predicted octanol–water partition coefficient (Wildman–Crippen LogP) is 0.954. The Hall–Kier alpha value is -1.86. The highest BCUT2D eigenvalue weighted by molar-refractivity contribution is 5.83. The number of esters is 2. The molecule has 0 aliphatic rings. The zero-order valence-corrected chi connectivity index (χ0v) is 12.2. The molecule has 8 heteroatoms. The van der Waals surface area contributed by atoms with Gasteiger partial charge in [-0.25, -0.2) is 18.8 Å². The summed E-state index contributed by atoms with van der Waals surface area (Å²) in [5.74, 6) is -2.02. The summed E-state index contributed by atoms with van der Waals surface area (Å²) in [4.78, 5) is 34.0. The zero-order valence-electron chi connectivity index (χ0n) is 12.2. The van der Waals surface area contributed by atoms with Crippen molar-refractivity contribution in [2.24, 2.45) is 0 Å². The fourth-order valence-corrected chi connectivity index (χ4v) is 1.24. The van der Waals surface area contributed by atoms with Gasteiger partial charge in [-0.1, -0.05) is 0 Å². The number of alkyl halides is 1. The first-order valence-electron chi connectivity index (χ1n) is 5.90. The molecule has 0 aliphatic heterocycles. The lowest BCUT2D eigenvalue weighted by Gasteiger charge is -2.22. The second-order valence-corrected chi connectivity index (χ2v) is 4.95. The molecule has 7 nitrogen and oxygen atoms in total. The zero-order chi connectivity index (χ0) is 15.9.